The molecule has 0 radical (unpaired) electrons. The molecule has 4 heteroatoms. The maximum atomic E-state index is 11.4. The third-order valence-electron chi connectivity index (χ3n) is 5.18. The van der Waals surface area contributed by atoms with Crippen LogP contribution in [-0.4, -0.2) is 16.7 Å². The Morgan fingerprint density at radius 3 is 2.20 bits per heavy atom. The molecule has 4 fully saturated rings. The van der Waals surface area contributed by atoms with Gasteiger partial charge in [0.2, 0.25) is 0 Å². The Kier molecular flexibility index (Phi) is 1.16. The summed E-state index contributed by atoms with van der Waals surface area (Å²) in [6.45, 7) is 0. The van der Waals surface area contributed by atoms with Gasteiger partial charge in [-0.3, -0.25) is 4.79 Å². The number of carboxylic acid groups (broad SMARTS) is 1. The maximum Gasteiger partial charge on any atom is 0.309 e. The van der Waals surface area contributed by atoms with E-state index < -0.39 is 11.4 Å². The zero-order valence-corrected chi connectivity index (χ0v) is 8.52. The molecule has 15 heavy (non-hydrogen) atoms. The van der Waals surface area contributed by atoms with Crippen LogP contribution in [0.15, 0.2) is 10.2 Å². The molecule has 5 rings (SSSR count). The van der Waals surface area contributed by atoms with Gasteiger partial charge in [0.1, 0.15) is 0 Å². The SMILES string of the molecule is O=C(O)C12CC3CC(C1)C1(N=N1)C(C3)C2. The van der Waals surface area contributed by atoms with Gasteiger partial charge in [-0.2, -0.15) is 10.2 Å². The van der Waals surface area contributed by atoms with Gasteiger partial charge in [0.05, 0.1) is 5.41 Å². The molecule has 4 aliphatic carbocycles. The first-order chi connectivity index (χ1) is 7.15. The van der Waals surface area contributed by atoms with E-state index in [-0.39, 0.29) is 5.66 Å². The van der Waals surface area contributed by atoms with Crippen molar-refractivity contribution in [3.63, 3.8) is 0 Å². The molecule has 0 amide bonds. The normalized spacial score (nSPS) is 52.4. The van der Waals surface area contributed by atoms with E-state index in [9.17, 15) is 9.90 Å². The predicted molar refractivity (Wildman–Crippen MR) is 51.2 cm³/mol. The minimum atomic E-state index is -0.572. The summed E-state index contributed by atoms with van der Waals surface area (Å²) in [6, 6.07) is 0. The van der Waals surface area contributed by atoms with E-state index in [4.69, 9.17) is 0 Å². The third kappa shape index (κ3) is 0.788. The molecular weight excluding hydrogens is 192 g/mol. The molecule has 80 valence electrons. The van der Waals surface area contributed by atoms with Crippen molar-refractivity contribution in [2.45, 2.75) is 37.8 Å². The van der Waals surface area contributed by atoms with Gasteiger partial charge >= 0.3 is 5.97 Å². The van der Waals surface area contributed by atoms with Crippen molar-refractivity contribution >= 4 is 5.97 Å². The summed E-state index contributed by atoms with van der Waals surface area (Å²) in [6.07, 6.45) is 4.88. The molecule has 0 aromatic heterocycles. The number of aliphatic carboxylic acids is 1. The average molecular weight is 206 g/mol. The number of hydrogen-bond acceptors (Lipinski definition) is 3. The van der Waals surface area contributed by atoms with Crippen LogP contribution in [0.2, 0.25) is 0 Å². The molecule has 1 N–H and O–H groups in total. The van der Waals surface area contributed by atoms with Crippen molar-refractivity contribution in [3.05, 3.63) is 0 Å². The van der Waals surface area contributed by atoms with E-state index in [1.54, 1.807) is 0 Å². The van der Waals surface area contributed by atoms with Gasteiger partial charge in [0, 0.05) is 11.8 Å². The summed E-state index contributed by atoms with van der Waals surface area (Å²) in [5.74, 6) is 0.951. The lowest BCUT2D eigenvalue weighted by atomic mass is 9.46. The Labute approximate surface area is 87.8 Å². The largest absolute Gasteiger partial charge is 0.481 e. The minimum Gasteiger partial charge on any atom is -0.481 e. The van der Waals surface area contributed by atoms with E-state index in [0.29, 0.717) is 17.8 Å². The third-order valence-corrected chi connectivity index (χ3v) is 5.18. The van der Waals surface area contributed by atoms with Crippen LogP contribution < -0.4 is 0 Å². The number of rotatable bonds is 1. The molecule has 2 unspecified atom stereocenters. The Balaban J connectivity index is 1.77. The van der Waals surface area contributed by atoms with Crippen LogP contribution in [0.1, 0.15) is 32.1 Å². The summed E-state index contributed by atoms with van der Waals surface area (Å²) < 4.78 is 0. The van der Waals surface area contributed by atoms with E-state index in [2.05, 4.69) is 10.2 Å². The number of hydrogen-bond donors (Lipinski definition) is 1. The molecule has 1 spiro atoms. The second kappa shape index (κ2) is 2.11. The average Bonchev–Trinajstić information content (AvgIpc) is 2.94. The fraction of sp³-hybridized carbons (Fsp3) is 0.909. The van der Waals surface area contributed by atoms with Gasteiger partial charge in [-0.15, -0.1) is 0 Å². The topological polar surface area (TPSA) is 62.0 Å². The van der Waals surface area contributed by atoms with Crippen LogP contribution in [0.4, 0.5) is 0 Å². The lowest BCUT2D eigenvalue weighted by Crippen LogP contribution is -2.57. The zero-order valence-electron chi connectivity index (χ0n) is 8.52. The van der Waals surface area contributed by atoms with Gasteiger partial charge in [-0.1, -0.05) is 0 Å². The van der Waals surface area contributed by atoms with E-state index in [1.807, 2.05) is 0 Å². The fourth-order valence-corrected chi connectivity index (χ4v) is 4.61. The summed E-state index contributed by atoms with van der Waals surface area (Å²) in [5, 5.41) is 17.9. The van der Waals surface area contributed by atoms with Crippen LogP contribution >= 0.6 is 0 Å². The van der Waals surface area contributed by atoms with Crippen molar-refractivity contribution in [2.75, 3.05) is 0 Å². The van der Waals surface area contributed by atoms with E-state index in [1.165, 1.54) is 12.8 Å². The Hall–Kier alpha value is -0.930. The quantitative estimate of drug-likeness (QED) is 0.713. The van der Waals surface area contributed by atoms with Gasteiger partial charge in [-0.25, -0.2) is 0 Å². The molecular formula is C11H14N2O2. The van der Waals surface area contributed by atoms with Crippen molar-refractivity contribution in [2.24, 2.45) is 33.4 Å². The molecule has 0 aromatic rings. The number of carbonyl (C=O) groups is 1. The van der Waals surface area contributed by atoms with E-state index >= 15 is 0 Å². The van der Waals surface area contributed by atoms with Crippen molar-refractivity contribution in [1.82, 2.24) is 0 Å². The molecule has 4 nitrogen and oxygen atoms in total. The molecule has 0 saturated heterocycles. The van der Waals surface area contributed by atoms with Crippen LogP contribution in [0, 0.1) is 23.2 Å². The maximum absolute atomic E-state index is 11.4. The number of nitrogens with zero attached hydrogens (tertiary/aromatic N) is 2. The molecule has 5 aliphatic rings. The summed E-state index contributed by atoms with van der Waals surface area (Å²) in [5.41, 5.74) is -0.509. The summed E-state index contributed by atoms with van der Waals surface area (Å²) in [4.78, 5) is 11.4. The van der Waals surface area contributed by atoms with Crippen LogP contribution in [0.25, 0.3) is 0 Å². The van der Waals surface area contributed by atoms with Gasteiger partial charge < -0.3 is 5.11 Å². The monoisotopic (exact) mass is 206 g/mol. The molecule has 1 heterocycles. The van der Waals surface area contributed by atoms with Crippen molar-refractivity contribution < 1.29 is 9.90 Å². The van der Waals surface area contributed by atoms with Gasteiger partial charge in [-0.05, 0) is 38.0 Å². The first kappa shape index (κ1) is 8.25. The molecule has 4 saturated carbocycles. The minimum absolute atomic E-state index is 0.101. The van der Waals surface area contributed by atoms with Crippen LogP contribution in [-0.2, 0) is 4.79 Å². The van der Waals surface area contributed by atoms with Gasteiger partial charge in [0.15, 0.2) is 5.66 Å². The van der Waals surface area contributed by atoms with Gasteiger partial charge in [0.25, 0.3) is 0 Å². The first-order valence-corrected chi connectivity index (χ1v) is 5.82. The lowest BCUT2D eigenvalue weighted by Gasteiger charge is -2.56. The molecule has 0 aromatic carbocycles. The first-order valence-electron chi connectivity index (χ1n) is 5.82. The molecule has 2 atom stereocenters. The standard InChI is InChI=1S/C11H14N2O2/c14-9(15)10-3-6-1-7(4-10)11(12-13-11)8(2-6)5-10/h6-8H,1-5H2,(H,14,15). The van der Waals surface area contributed by atoms with Crippen LogP contribution in [0.3, 0.4) is 0 Å². The Bertz CT molecular complexity index is 366. The zero-order chi connectivity index (χ0) is 10.3. The molecule has 4 bridgehead atoms. The Morgan fingerprint density at radius 1 is 1.13 bits per heavy atom. The summed E-state index contributed by atoms with van der Waals surface area (Å²) in [7, 11) is 0. The molecule has 1 aliphatic heterocycles. The highest BCUT2D eigenvalue weighted by Gasteiger charge is 2.69. The van der Waals surface area contributed by atoms with Crippen molar-refractivity contribution in [1.29, 1.82) is 0 Å². The highest BCUT2D eigenvalue weighted by Crippen LogP contribution is 2.68. The second-order valence-corrected chi connectivity index (χ2v) is 5.91. The van der Waals surface area contributed by atoms with E-state index in [0.717, 1.165) is 19.3 Å². The predicted octanol–water partition coefficient (Wildman–Crippen LogP) is 2.06. The highest BCUT2D eigenvalue weighted by atomic mass is 16.4. The Morgan fingerprint density at radius 2 is 1.73 bits per heavy atom. The highest BCUT2D eigenvalue weighted by molar-refractivity contribution is 5.75. The summed E-state index contributed by atoms with van der Waals surface area (Å²) >= 11 is 0. The van der Waals surface area contributed by atoms with Crippen molar-refractivity contribution in [3.8, 4) is 0 Å². The number of carboxylic acids is 1. The fourth-order valence-electron chi connectivity index (χ4n) is 4.61. The van der Waals surface area contributed by atoms with Crippen LogP contribution in [0.5, 0.6) is 0 Å². The lowest BCUT2D eigenvalue weighted by molar-refractivity contribution is -0.168. The smallest absolute Gasteiger partial charge is 0.309 e. The second-order valence-electron chi connectivity index (χ2n) is 5.91.